The van der Waals surface area contributed by atoms with Crippen LogP contribution in [0.1, 0.15) is 32.1 Å². The summed E-state index contributed by atoms with van der Waals surface area (Å²) in [5.74, 6) is 0.478. The number of ether oxygens (including phenoxy) is 2. The third kappa shape index (κ3) is 5.44. The molecule has 1 fully saturated rings. The van der Waals surface area contributed by atoms with Gasteiger partial charge in [0.2, 0.25) is 0 Å². The first-order chi connectivity index (χ1) is 7.34. The van der Waals surface area contributed by atoms with Gasteiger partial charge in [0.05, 0.1) is 19.8 Å². The van der Waals surface area contributed by atoms with E-state index in [9.17, 15) is 0 Å². The van der Waals surface area contributed by atoms with Gasteiger partial charge < -0.3 is 14.6 Å². The molecule has 0 bridgehead atoms. The van der Waals surface area contributed by atoms with E-state index in [1.807, 2.05) is 0 Å². The van der Waals surface area contributed by atoms with Crippen LogP contribution in [0.2, 0.25) is 0 Å². The highest BCUT2D eigenvalue weighted by molar-refractivity contribution is 7.80. The van der Waals surface area contributed by atoms with Gasteiger partial charge in [0, 0.05) is 5.92 Å². The monoisotopic (exact) mass is 232 g/mol. The van der Waals surface area contributed by atoms with Gasteiger partial charge in [-0.05, 0) is 25.1 Å². The summed E-state index contributed by atoms with van der Waals surface area (Å²) in [4.78, 5) is 0. The molecular weight excluding hydrogens is 212 g/mol. The average molecular weight is 232 g/mol. The van der Waals surface area contributed by atoms with Gasteiger partial charge in [0.25, 0.3) is 0 Å². The van der Waals surface area contributed by atoms with Crippen LogP contribution in [0.15, 0.2) is 0 Å². The van der Waals surface area contributed by atoms with Gasteiger partial charge in [-0.1, -0.05) is 19.3 Å². The molecule has 0 amide bonds. The second-order valence-electron chi connectivity index (χ2n) is 3.84. The zero-order chi connectivity index (χ0) is 10.9. The van der Waals surface area contributed by atoms with Crippen LogP contribution in [0.5, 0.6) is 0 Å². The fourth-order valence-corrected chi connectivity index (χ4v) is 2.14. The van der Waals surface area contributed by atoms with Crippen molar-refractivity contribution in [2.45, 2.75) is 32.1 Å². The van der Waals surface area contributed by atoms with Gasteiger partial charge >= 0.3 is 0 Å². The van der Waals surface area contributed by atoms with Crippen LogP contribution >= 0.6 is 12.2 Å². The largest absolute Gasteiger partial charge is 0.484 e. The average Bonchev–Trinajstić information content (AvgIpc) is 2.30. The molecule has 1 rings (SSSR count). The van der Waals surface area contributed by atoms with Gasteiger partial charge in [0.1, 0.15) is 6.61 Å². The summed E-state index contributed by atoms with van der Waals surface area (Å²) in [5.41, 5.74) is 0. The van der Waals surface area contributed by atoms with Crippen molar-refractivity contribution in [1.82, 2.24) is 0 Å². The molecule has 1 aliphatic rings. The van der Waals surface area contributed by atoms with Crippen molar-refractivity contribution in [3.05, 3.63) is 0 Å². The summed E-state index contributed by atoms with van der Waals surface area (Å²) < 4.78 is 10.5. The Bertz CT molecular complexity index is 179. The van der Waals surface area contributed by atoms with E-state index in [0.717, 1.165) is 5.05 Å². The van der Waals surface area contributed by atoms with E-state index < -0.39 is 0 Å². The minimum atomic E-state index is 0.0626. The van der Waals surface area contributed by atoms with E-state index >= 15 is 0 Å². The van der Waals surface area contributed by atoms with E-state index in [1.54, 1.807) is 0 Å². The van der Waals surface area contributed by atoms with Crippen molar-refractivity contribution < 1.29 is 14.6 Å². The van der Waals surface area contributed by atoms with Crippen molar-refractivity contribution in [1.29, 1.82) is 0 Å². The second kappa shape index (κ2) is 8.02. The van der Waals surface area contributed by atoms with Gasteiger partial charge in [-0.15, -0.1) is 0 Å². The summed E-state index contributed by atoms with van der Waals surface area (Å²) >= 11 is 5.22. The van der Waals surface area contributed by atoms with E-state index in [4.69, 9.17) is 26.8 Å². The molecule has 0 unspecified atom stereocenters. The predicted octanol–water partition coefficient (Wildman–Crippen LogP) is 1.92. The summed E-state index contributed by atoms with van der Waals surface area (Å²) in [6.45, 7) is 1.45. The van der Waals surface area contributed by atoms with Crippen LogP contribution in [-0.4, -0.2) is 36.6 Å². The molecule has 0 spiro atoms. The molecule has 88 valence electrons. The Hall–Kier alpha value is -0.190. The Kier molecular flexibility index (Phi) is 6.88. The minimum Gasteiger partial charge on any atom is -0.484 e. The molecule has 0 saturated heterocycles. The molecule has 0 aliphatic heterocycles. The zero-order valence-electron chi connectivity index (χ0n) is 9.11. The molecule has 1 aliphatic carbocycles. The van der Waals surface area contributed by atoms with Gasteiger partial charge in [-0.2, -0.15) is 0 Å². The fourth-order valence-electron chi connectivity index (χ4n) is 1.82. The van der Waals surface area contributed by atoms with Crippen LogP contribution in [0.4, 0.5) is 0 Å². The Morgan fingerprint density at radius 1 is 1.13 bits per heavy atom. The molecule has 3 nitrogen and oxygen atoms in total. The Morgan fingerprint density at radius 2 is 1.87 bits per heavy atom. The van der Waals surface area contributed by atoms with Crippen molar-refractivity contribution in [3.63, 3.8) is 0 Å². The number of aliphatic hydroxyl groups is 1. The summed E-state index contributed by atoms with van der Waals surface area (Å²) in [6.07, 6.45) is 6.23. The maximum absolute atomic E-state index is 8.49. The maximum Gasteiger partial charge on any atom is 0.162 e. The smallest absolute Gasteiger partial charge is 0.162 e. The van der Waals surface area contributed by atoms with E-state index in [-0.39, 0.29) is 6.61 Å². The molecule has 15 heavy (non-hydrogen) atoms. The molecule has 1 saturated carbocycles. The van der Waals surface area contributed by atoms with Crippen molar-refractivity contribution in [2.75, 3.05) is 26.4 Å². The lowest BCUT2D eigenvalue weighted by atomic mass is 9.90. The van der Waals surface area contributed by atoms with Gasteiger partial charge in [-0.25, -0.2) is 0 Å². The molecule has 0 aromatic rings. The first-order valence-corrected chi connectivity index (χ1v) is 6.10. The molecular formula is C11H20O3S. The zero-order valence-corrected chi connectivity index (χ0v) is 9.93. The molecule has 0 atom stereocenters. The van der Waals surface area contributed by atoms with Crippen LogP contribution in [0, 0.1) is 5.92 Å². The summed E-state index contributed by atoms with van der Waals surface area (Å²) in [7, 11) is 0. The van der Waals surface area contributed by atoms with Crippen LogP contribution in [-0.2, 0) is 9.47 Å². The minimum absolute atomic E-state index is 0.0626. The highest BCUT2D eigenvalue weighted by atomic mass is 32.1. The van der Waals surface area contributed by atoms with Crippen molar-refractivity contribution in [3.8, 4) is 0 Å². The first kappa shape index (κ1) is 12.9. The first-order valence-electron chi connectivity index (χ1n) is 5.70. The second-order valence-corrected chi connectivity index (χ2v) is 4.24. The molecule has 0 aromatic heterocycles. The van der Waals surface area contributed by atoms with E-state index in [1.165, 1.54) is 32.1 Å². The normalized spacial score (nSPS) is 17.7. The number of hydrogen-bond acceptors (Lipinski definition) is 4. The third-order valence-corrected chi connectivity index (χ3v) is 3.10. The molecule has 1 N–H and O–H groups in total. The highest BCUT2D eigenvalue weighted by Crippen LogP contribution is 2.25. The maximum atomic E-state index is 8.49. The Labute approximate surface area is 96.8 Å². The highest BCUT2D eigenvalue weighted by Gasteiger charge is 2.18. The lowest BCUT2D eigenvalue weighted by molar-refractivity contribution is 0.0667. The van der Waals surface area contributed by atoms with E-state index in [0.29, 0.717) is 25.7 Å². The standard InChI is InChI=1S/C11H20O3S/c12-6-7-13-8-9-14-11(15)10-4-2-1-3-5-10/h10,12H,1-9H2. The number of thiocarbonyl (C=S) groups is 1. The summed E-state index contributed by atoms with van der Waals surface area (Å²) in [6, 6.07) is 0. The van der Waals surface area contributed by atoms with Crippen molar-refractivity contribution >= 4 is 17.3 Å². The van der Waals surface area contributed by atoms with Crippen LogP contribution < -0.4 is 0 Å². The molecule has 0 aromatic carbocycles. The number of hydrogen-bond donors (Lipinski definition) is 1. The molecule has 4 heteroatoms. The predicted molar refractivity (Wildman–Crippen MR) is 63.0 cm³/mol. The lowest BCUT2D eigenvalue weighted by Crippen LogP contribution is -2.20. The fraction of sp³-hybridized carbons (Fsp3) is 0.909. The quantitative estimate of drug-likeness (QED) is 0.561. The van der Waals surface area contributed by atoms with E-state index in [2.05, 4.69) is 0 Å². The molecule has 0 heterocycles. The van der Waals surface area contributed by atoms with Gasteiger partial charge in [0.15, 0.2) is 5.05 Å². The topological polar surface area (TPSA) is 38.7 Å². The van der Waals surface area contributed by atoms with Crippen LogP contribution in [0.25, 0.3) is 0 Å². The van der Waals surface area contributed by atoms with Crippen LogP contribution in [0.3, 0.4) is 0 Å². The Balaban J connectivity index is 2.02. The van der Waals surface area contributed by atoms with Crippen molar-refractivity contribution in [2.24, 2.45) is 5.92 Å². The summed E-state index contributed by atoms with van der Waals surface area (Å²) in [5, 5.41) is 9.24. The van der Waals surface area contributed by atoms with Gasteiger partial charge in [-0.3, -0.25) is 0 Å². The SMILES string of the molecule is OCCOCCOC(=S)C1CCCCC1. The Morgan fingerprint density at radius 3 is 2.53 bits per heavy atom. The number of rotatable bonds is 6. The molecule has 0 radical (unpaired) electrons. The number of aliphatic hydroxyl groups excluding tert-OH is 1. The third-order valence-electron chi connectivity index (χ3n) is 2.65. The lowest BCUT2D eigenvalue weighted by Gasteiger charge is -2.22.